The van der Waals surface area contributed by atoms with Crippen molar-refractivity contribution < 1.29 is 17.9 Å². The fourth-order valence-electron chi connectivity index (χ4n) is 5.68. The van der Waals surface area contributed by atoms with Crippen molar-refractivity contribution in [1.29, 1.82) is 0 Å². The van der Waals surface area contributed by atoms with Gasteiger partial charge in [-0.25, -0.2) is 4.98 Å². The summed E-state index contributed by atoms with van der Waals surface area (Å²) in [4.78, 5) is 9.64. The lowest BCUT2D eigenvalue weighted by Gasteiger charge is -2.30. The molecule has 5 rings (SSSR count). The van der Waals surface area contributed by atoms with Crippen molar-refractivity contribution in [2.24, 2.45) is 5.92 Å². The van der Waals surface area contributed by atoms with Crippen molar-refractivity contribution in [3.05, 3.63) is 52.5 Å². The van der Waals surface area contributed by atoms with Gasteiger partial charge in [0.05, 0.1) is 5.52 Å². The zero-order chi connectivity index (χ0) is 27.2. The average molecular weight is 623 g/mol. The largest absolute Gasteiger partial charge is 0.573 e. The second kappa shape index (κ2) is 13.9. The van der Waals surface area contributed by atoms with Gasteiger partial charge in [0, 0.05) is 40.6 Å². The zero-order valence-electron chi connectivity index (χ0n) is 21.9. The van der Waals surface area contributed by atoms with E-state index in [-0.39, 0.29) is 25.3 Å². The lowest BCUT2D eigenvalue weighted by molar-refractivity contribution is -0.274. The van der Waals surface area contributed by atoms with Gasteiger partial charge in [0.1, 0.15) is 11.6 Å². The Hall–Kier alpha value is -2.59. The highest BCUT2D eigenvalue weighted by Crippen LogP contribution is 2.31. The Morgan fingerprint density at radius 3 is 2.38 bits per heavy atom. The number of para-hydroxylation sites is 1. The molecular weight excluding hydrogens is 583 g/mol. The fraction of sp³-hybridized carbons (Fsp3) is 0.533. The van der Waals surface area contributed by atoms with Crippen LogP contribution >= 0.6 is 15.9 Å². The number of nitrogens with one attached hydrogen (secondary N) is 3. The molecule has 2 aliphatic rings. The van der Waals surface area contributed by atoms with Crippen LogP contribution < -0.4 is 20.7 Å². The summed E-state index contributed by atoms with van der Waals surface area (Å²) in [5.74, 6) is 2.04. The van der Waals surface area contributed by atoms with Gasteiger partial charge >= 0.3 is 6.36 Å². The standard InChI is InChI=1S/C29H35BrF3N5O.CH4/c30-21-11-10-20(26(16-21)39-29(31,32)33)18-34-22-12-14-23(15-13-22)36-28-37-25-9-5-4-8-24(25)27(38-28)35-17-19-6-2-1-3-7-19;/h4-5,8-11,16,19,22-23,34H,1-3,6-7,12-15,17-18H2,(H2,35,36,37,38);1H4. The van der Waals surface area contributed by atoms with E-state index in [1.807, 2.05) is 18.2 Å². The first-order chi connectivity index (χ1) is 18.8. The van der Waals surface area contributed by atoms with Crippen LogP contribution in [0.1, 0.15) is 70.8 Å². The average Bonchev–Trinajstić information content (AvgIpc) is 2.92. The Morgan fingerprint density at radius 2 is 1.62 bits per heavy atom. The molecule has 0 atom stereocenters. The normalized spacial score (nSPS) is 20.1. The van der Waals surface area contributed by atoms with E-state index in [2.05, 4.69) is 42.7 Å². The van der Waals surface area contributed by atoms with E-state index in [9.17, 15) is 13.2 Å². The van der Waals surface area contributed by atoms with E-state index >= 15 is 0 Å². The van der Waals surface area contributed by atoms with Gasteiger partial charge < -0.3 is 20.7 Å². The van der Waals surface area contributed by atoms with Crippen LogP contribution in [-0.2, 0) is 6.54 Å². The van der Waals surface area contributed by atoms with E-state index in [0.717, 1.165) is 48.9 Å². The number of aromatic nitrogens is 2. The molecule has 0 radical (unpaired) electrons. The molecule has 0 unspecified atom stereocenters. The summed E-state index contributed by atoms with van der Waals surface area (Å²) in [6, 6.07) is 13.3. The quantitative estimate of drug-likeness (QED) is 0.223. The highest BCUT2D eigenvalue weighted by Gasteiger charge is 2.32. The summed E-state index contributed by atoms with van der Waals surface area (Å²) >= 11 is 3.22. The van der Waals surface area contributed by atoms with Crippen LogP contribution in [0, 0.1) is 5.92 Å². The molecule has 2 fully saturated rings. The third kappa shape index (κ3) is 8.46. The fourth-order valence-corrected chi connectivity index (χ4v) is 6.02. The SMILES string of the molecule is C.FC(F)(F)Oc1cc(Br)ccc1CNC1CCC(Nc2nc(NCC3CCCCC3)c3ccccc3n2)CC1. The molecule has 1 heterocycles. The third-order valence-electron chi connectivity index (χ3n) is 7.78. The Kier molecular flexibility index (Phi) is 10.5. The molecule has 0 amide bonds. The Bertz CT molecular complexity index is 1240. The zero-order valence-corrected chi connectivity index (χ0v) is 23.5. The molecule has 1 aromatic heterocycles. The number of ether oxygens (including phenoxy) is 1. The minimum Gasteiger partial charge on any atom is -0.405 e. The van der Waals surface area contributed by atoms with E-state index in [0.29, 0.717) is 28.4 Å². The van der Waals surface area contributed by atoms with E-state index < -0.39 is 6.36 Å². The predicted octanol–water partition coefficient (Wildman–Crippen LogP) is 8.43. The van der Waals surface area contributed by atoms with Crippen molar-refractivity contribution in [1.82, 2.24) is 15.3 Å². The van der Waals surface area contributed by atoms with Crippen LogP contribution in [0.5, 0.6) is 5.75 Å². The first-order valence-electron chi connectivity index (χ1n) is 13.9. The summed E-state index contributed by atoms with van der Waals surface area (Å²) in [5.41, 5.74) is 1.40. The van der Waals surface area contributed by atoms with Gasteiger partial charge in [-0.05, 0) is 68.7 Å². The van der Waals surface area contributed by atoms with Crippen LogP contribution in [0.2, 0.25) is 0 Å². The first kappa shape index (κ1) is 30.4. The van der Waals surface area contributed by atoms with Crippen LogP contribution in [0.4, 0.5) is 24.9 Å². The van der Waals surface area contributed by atoms with Crippen molar-refractivity contribution >= 4 is 38.6 Å². The van der Waals surface area contributed by atoms with Gasteiger partial charge in [-0.15, -0.1) is 13.2 Å². The molecule has 2 aliphatic carbocycles. The topological polar surface area (TPSA) is 71.1 Å². The number of hydrogen-bond donors (Lipinski definition) is 3. The summed E-state index contributed by atoms with van der Waals surface area (Å²) in [6.45, 7) is 1.25. The van der Waals surface area contributed by atoms with E-state index in [4.69, 9.17) is 9.97 Å². The molecule has 0 bridgehead atoms. The predicted molar refractivity (Wildman–Crippen MR) is 159 cm³/mol. The van der Waals surface area contributed by atoms with Gasteiger partial charge in [0.2, 0.25) is 5.95 Å². The number of benzene rings is 2. The second-order valence-corrected chi connectivity index (χ2v) is 11.6. The van der Waals surface area contributed by atoms with E-state index in [1.54, 1.807) is 12.1 Å². The number of anilines is 2. The van der Waals surface area contributed by atoms with Gasteiger partial charge in [-0.1, -0.05) is 60.8 Å². The number of hydrogen-bond acceptors (Lipinski definition) is 6. The van der Waals surface area contributed by atoms with Crippen molar-refractivity contribution in [2.45, 2.75) is 90.2 Å². The van der Waals surface area contributed by atoms with Crippen LogP contribution in [0.15, 0.2) is 46.9 Å². The lowest BCUT2D eigenvalue weighted by atomic mass is 9.89. The maximum absolute atomic E-state index is 12.8. The van der Waals surface area contributed by atoms with Gasteiger partial charge in [-0.3, -0.25) is 0 Å². The smallest absolute Gasteiger partial charge is 0.405 e. The van der Waals surface area contributed by atoms with Gasteiger partial charge in [0.15, 0.2) is 0 Å². The van der Waals surface area contributed by atoms with Crippen molar-refractivity contribution in [2.75, 3.05) is 17.2 Å². The molecular formula is C30H39BrF3N5O. The lowest BCUT2D eigenvalue weighted by Crippen LogP contribution is -2.37. The Balaban J connectivity index is 0.00000370. The Labute approximate surface area is 243 Å². The summed E-state index contributed by atoms with van der Waals surface area (Å²) in [5, 5.41) is 11.6. The minimum atomic E-state index is -4.73. The molecule has 6 nitrogen and oxygen atoms in total. The molecule has 2 aromatic carbocycles. The number of halogens is 4. The monoisotopic (exact) mass is 621 g/mol. The highest BCUT2D eigenvalue weighted by atomic mass is 79.9. The van der Waals surface area contributed by atoms with Gasteiger partial charge in [0.25, 0.3) is 0 Å². The second-order valence-electron chi connectivity index (χ2n) is 10.7. The summed E-state index contributed by atoms with van der Waals surface area (Å²) in [6.07, 6.45) is 5.45. The van der Waals surface area contributed by atoms with E-state index in [1.165, 1.54) is 38.2 Å². The molecule has 0 aliphatic heterocycles. The van der Waals surface area contributed by atoms with Crippen molar-refractivity contribution in [3.63, 3.8) is 0 Å². The first-order valence-corrected chi connectivity index (χ1v) is 14.7. The third-order valence-corrected chi connectivity index (χ3v) is 8.28. The maximum atomic E-state index is 12.8. The molecule has 3 aromatic rings. The molecule has 10 heteroatoms. The van der Waals surface area contributed by atoms with Crippen LogP contribution in [0.3, 0.4) is 0 Å². The van der Waals surface area contributed by atoms with Crippen LogP contribution in [-0.4, -0.2) is 35.0 Å². The summed E-state index contributed by atoms with van der Waals surface area (Å²) in [7, 11) is 0. The number of fused-ring (bicyclic) bond motifs is 1. The molecule has 2 saturated carbocycles. The number of alkyl halides is 3. The van der Waals surface area contributed by atoms with Crippen molar-refractivity contribution in [3.8, 4) is 5.75 Å². The van der Waals surface area contributed by atoms with Crippen LogP contribution in [0.25, 0.3) is 10.9 Å². The molecule has 0 saturated heterocycles. The minimum absolute atomic E-state index is 0. The number of rotatable bonds is 9. The Morgan fingerprint density at radius 1 is 0.900 bits per heavy atom. The maximum Gasteiger partial charge on any atom is 0.573 e. The molecule has 0 spiro atoms. The molecule has 218 valence electrons. The molecule has 3 N–H and O–H groups in total. The summed E-state index contributed by atoms with van der Waals surface area (Å²) < 4.78 is 43.3. The molecule has 40 heavy (non-hydrogen) atoms. The highest BCUT2D eigenvalue weighted by molar-refractivity contribution is 9.10. The van der Waals surface area contributed by atoms with Gasteiger partial charge in [-0.2, -0.15) is 4.98 Å². The number of nitrogens with zero attached hydrogens (tertiary/aromatic N) is 2.